The third-order valence-corrected chi connectivity index (χ3v) is 8.19. The Kier molecular flexibility index (Phi) is 7.77. The highest BCUT2D eigenvalue weighted by atomic mass is 32.1. The van der Waals surface area contributed by atoms with Crippen LogP contribution in [0.2, 0.25) is 0 Å². The van der Waals surface area contributed by atoms with Crippen LogP contribution in [-0.2, 0) is 0 Å². The van der Waals surface area contributed by atoms with Gasteiger partial charge in [-0.15, -0.1) is 11.3 Å². The number of fused-ring (bicyclic) bond motifs is 1. The van der Waals surface area contributed by atoms with E-state index in [9.17, 15) is 0 Å². The van der Waals surface area contributed by atoms with Crippen molar-refractivity contribution >= 4 is 21.7 Å². The Bertz CT molecular complexity index is 702. The van der Waals surface area contributed by atoms with Gasteiger partial charge in [-0.05, 0) is 37.8 Å². The molecule has 2 nitrogen and oxygen atoms in total. The highest BCUT2D eigenvalue weighted by Gasteiger charge is 2.19. The van der Waals surface area contributed by atoms with Gasteiger partial charge in [-0.3, -0.25) is 0 Å². The summed E-state index contributed by atoms with van der Waals surface area (Å²) in [5.41, 5.74) is 2.36. The van der Waals surface area contributed by atoms with Crippen LogP contribution >= 0.6 is 11.3 Å². The van der Waals surface area contributed by atoms with Crippen molar-refractivity contribution in [3.8, 4) is 0 Å². The fraction of sp³-hybridized carbons (Fsp3) is 0.760. The molecule has 0 aromatic carbocycles. The van der Waals surface area contributed by atoms with Gasteiger partial charge in [0, 0.05) is 17.5 Å². The number of hydrogen-bond donors (Lipinski definition) is 0. The molecule has 0 radical (unpaired) electrons. The number of rotatable bonds is 2. The lowest BCUT2D eigenvalue weighted by molar-refractivity contribution is 0.457. The monoisotopic (exact) mass is 398 g/mol. The van der Waals surface area contributed by atoms with Crippen molar-refractivity contribution in [3.63, 3.8) is 0 Å². The van der Waals surface area contributed by atoms with Crippen molar-refractivity contribution in [2.24, 2.45) is 0 Å². The third kappa shape index (κ3) is 5.55. The van der Waals surface area contributed by atoms with E-state index in [1.165, 1.54) is 125 Å². The Balaban J connectivity index is 1.49. The van der Waals surface area contributed by atoms with Gasteiger partial charge in [0.1, 0.15) is 0 Å². The molecule has 2 aromatic heterocycles. The van der Waals surface area contributed by atoms with Crippen LogP contribution < -0.4 is 0 Å². The summed E-state index contributed by atoms with van der Waals surface area (Å²) in [5, 5.41) is 1.37. The maximum absolute atomic E-state index is 5.10. The molecule has 2 aromatic rings. The van der Waals surface area contributed by atoms with E-state index in [1.807, 2.05) is 11.3 Å². The molecule has 0 aliphatic heterocycles. The Morgan fingerprint density at radius 3 is 1.64 bits per heavy atom. The Labute approximate surface area is 175 Å². The van der Waals surface area contributed by atoms with Gasteiger partial charge in [-0.25, -0.2) is 9.97 Å². The van der Waals surface area contributed by atoms with Crippen LogP contribution in [0.1, 0.15) is 132 Å². The van der Waals surface area contributed by atoms with Crippen molar-refractivity contribution in [2.45, 2.75) is 121 Å². The molecule has 4 rings (SSSR count). The predicted octanol–water partition coefficient (Wildman–Crippen LogP) is 8.52. The van der Waals surface area contributed by atoms with Gasteiger partial charge in [0.15, 0.2) is 5.65 Å². The average Bonchev–Trinajstić information content (AvgIpc) is 3.19. The quantitative estimate of drug-likeness (QED) is 0.506. The van der Waals surface area contributed by atoms with E-state index in [0.717, 1.165) is 5.65 Å². The standard InChI is InChI=1S/C25H38N2S/c1-2-6-10-14-20(15-11-7-3-1)22-18-19-23-24(26-22)27-25(28-23)21-16-12-8-4-5-9-13-17-21/h18-21H,1-17H2. The Morgan fingerprint density at radius 2 is 1.07 bits per heavy atom. The molecule has 2 fully saturated rings. The smallest absolute Gasteiger partial charge is 0.170 e. The molecule has 2 aliphatic rings. The van der Waals surface area contributed by atoms with Crippen molar-refractivity contribution in [2.75, 3.05) is 0 Å². The van der Waals surface area contributed by atoms with Crippen LogP contribution in [0.4, 0.5) is 0 Å². The number of aromatic nitrogens is 2. The summed E-state index contributed by atoms with van der Waals surface area (Å²) < 4.78 is 1.30. The van der Waals surface area contributed by atoms with Crippen molar-refractivity contribution in [1.29, 1.82) is 0 Å². The second-order valence-electron chi connectivity index (χ2n) is 9.25. The molecule has 0 saturated heterocycles. The van der Waals surface area contributed by atoms with Gasteiger partial charge in [0.05, 0.1) is 9.71 Å². The van der Waals surface area contributed by atoms with E-state index in [-0.39, 0.29) is 0 Å². The van der Waals surface area contributed by atoms with Crippen LogP contribution in [0.15, 0.2) is 12.1 Å². The van der Waals surface area contributed by atoms with E-state index in [4.69, 9.17) is 9.97 Å². The first-order valence-electron chi connectivity index (χ1n) is 12.2. The molecular weight excluding hydrogens is 360 g/mol. The van der Waals surface area contributed by atoms with Crippen molar-refractivity contribution in [1.82, 2.24) is 9.97 Å². The van der Waals surface area contributed by atoms with Crippen LogP contribution in [-0.4, -0.2) is 9.97 Å². The zero-order valence-corrected chi connectivity index (χ0v) is 18.4. The second-order valence-corrected chi connectivity index (χ2v) is 10.3. The van der Waals surface area contributed by atoms with E-state index < -0.39 is 0 Å². The van der Waals surface area contributed by atoms with Gasteiger partial charge < -0.3 is 0 Å². The summed E-state index contributed by atoms with van der Waals surface area (Å²) >= 11 is 1.92. The summed E-state index contributed by atoms with van der Waals surface area (Å²) in [4.78, 5) is 10.2. The van der Waals surface area contributed by atoms with E-state index in [1.54, 1.807) is 0 Å². The zero-order chi connectivity index (χ0) is 19.0. The fourth-order valence-corrected chi connectivity index (χ4v) is 6.32. The van der Waals surface area contributed by atoms with E-state index in [2.05, 4.69) is 12.1 Å². The summed E-state index contributed by atoms with van der Waals surface area (Å²) in [7, 11) is 0. The Hall–Kier alpha value is -0.960. The molecule has 0 N–H and O–H groups in total. The number of thiazole rings is 1. The van der Waals surface area contributed by atoms with Crippen molar-refractivity contribution < 1.29 is 0 Å². The molecule has 154 valence electrons. The summed E-state index contributed by atoms with van der Waals surface area (Å²) in [6, 6.07) is 4.65. The number of nitrogens with zero attached hydrogens (tertiary/aromatic N) is 2. The average molecular weight is 399 g/mol. The third-order valence-electron chi connectivity index (χ3n) is 7.02. The number of pyridine rings is 1. The molecular formula is C25H38N2S. The molecule has 0 amide bonds. The van der Waals surface area contributed by atoms with E-state index in [0.29, 0.717) is 11.8 Å². The lowest BCUT2D eigenvalue weighted by atomic mass is 9.89. The molecule has 0 bridgehead atoms. The van der Waals surface area contributed by atoms with Crippen molar-refractivity contribution in [3.05, 3.63) is 22.8 Å². The van der Waals surface area contributed by atoms with Crippen LogP contribution in [0.25, 0.3) is 10.3 Å². The second kappa shape index (κ2) is 10.7. The first kappa shape index (κ1) is 20.3. The molecule has 2 heterocycles. The first-order chi connectivity index (χ1) is 13.9. The van der Waals surface area contributed by atoms with Gasteiger partial charge in [-0.2, -0.15) is 0 Å². The summed E-state index contributed by atoms with van der Waals surface area (Å²) in [5.74, 6) is 1.33. The van der Waals surface area contributed by atoms with Crippen LogP contribution in [0.3, 0.4) is 0 Å². The molecule has 3 heteroatoms. The lowest BCUT2D eigenvalue weighted by Crippen LogP contribution is -2.04. The fourth-order valence-electron chi connectivity index (χ4n) is 5.24. The highest BCUT2D eigenvalue weighted by molar-refractivity contribution is 7.18. The summed E-state index contributed by atoms with van der Waals surface area (Å²) in [6.45, 7) is 0. The van der Waals surface area contributed by atoms with Crippen LogP contribution in [0, 0.1) is 0 Å². The van der Waals surface area contributed by atoms with Crippen LogP contribution in [0.5, 0.6) is 0 Å². The predicted molar refractivity (Wildman–Crippen MR) is 121 cm³/mol. The van der Waals surface area contributed by atoms with Gasteiger partial charge in [0.2, 0.25) is 0 Å². The highest BCUT2D eigenvalue weighted by Crippen LogP contribution is 2.36. The topological polar surface area (TPSA) is 25.8 Å². The largest absolute Gasteiger partial charge is 0.232 e. The van der Waals surface area contributed by atoms with Gasteiger partial charge >= 0.3 is 0 Å². The first-order valence-corrected chi connectivity index (χ1v) is 13.0. The normalized spacial score (nSPS) is 22.4. The van der Waals surface area contributed by atoms with Gasteiger partial charge in [-0.1, -0.05) is 83.5 Å². The minimum Gasteiger partial charge on any atom is -0.232 e. The summed E-state index contributed by atoms with van der Waals surface area (Å²) in [6.07, 6.45) is 23.6. The molecule has 2 aliphatic carbocycles. The molecule has 0 atom stereocenters. The maximum Gasteiger partial charge on any atom is 0.170 e. The van der Waals surface area contributed by atoms with Gasteiger partial charge in [0.25, 0.3) is 0 Å². The molecule has 28 heavy (non-hydrogen) atoms. The zero-order valence-electron chi connectivity index (χ0n) is 17.6. The maximum atomic E-state index is 5.10. The number of hydrogen-bond acceptors (Lipinski definition) is 3. The lowest BCUT2D eigenvalue weighted by Gasteiger charge is -2.18. The minimum atomic E-state index is 0.651. The SMILES string of the molecule is c1cc2sc(C3CCCCCCCC3)nc2nc1C1CCCCCCCCC1. The van der Waals surface area contributed by atoms with E-state index >= 15 is 0 Å². The molecule has 2 saturated carbocycles. The molecule has 0 spiro atoms. The Morgan fingerprint density at radius 1 is 0.571 bits per heavy atom. The molecule has 0 unspecified atom stereocenters. The minimum absolute atomic E-state index is 0.651.